The van der Waals surface area contributed by atoms with E-state index in [2.05, 4.69) is 10.3 Å². The Kier molecular flexibility index (Phi) is 7.60. The molecule has 0 aliphatic carbocycles. The van der Waals surface area contributed by atoms with Gasteiger partial charge in [0.1, 0.15) is 0 Å². The van der Waals surface area contributed by atoms with Crippen molar-refractivity contribution in [1.29, 1.82) is 0 Å². The number of primary sulfonamides is 1. The van der Waals surface area contributed by atoms with Gasteiger partial charge in [-0.3, -0.25) is 14.2 Å². The van der Waals surface area contributed by atoms with Crippen molar-refractivity contribution >= 4 is 26.8 Å². The van der Waals surface area contributed by atoms with Gasteiger partial charge in [-0.05, 0) is 49.1 Å². The van der Waals surface area contributed by atoms with Crippen LogP contribution in [-0.4, -0.2) is 30.4 Å². The number of H-pyrrole nitrogens is 1. The predicted octanol–water partition coefficient (Wildman–Crippen LogP) is 1.26. The van der Waals surface area contributed by atoms with Gasteiger partial charge in [0.05, 0.1) is 15.8 Å². The zero-order valence-corrected chi connectivity index (χ0v) is 18.4. The number of hydrogen-bond donors (Lipinski definition) is 3. The average molecular weight is 459 g/mol. The number of nitrogens with one attached hydrogen (secondary N) is 2. The fourth-order valence-electron chi connectivity index (χ4n) is 3.41. The first kappa shape index (κ1) is 23.4. The molecule has 2 aromatic carbocycles. The Labute approximate surface area is 185 Å². The van der Waals surface area contributed by atoms with Crippen molar-refractivity contribution in [2.75, 3.05) is 6.54 Å². The zero-order chi connectivity index (χ0) is 23.1. The summed E-state index contributed by atoms with van der Waals surface area (Å²) in [5.41, 5.74) is 0.683. The monoisotopic (exact) mass is 458 g/mol. The van der Waals surface area contributed by atoms with E-state index >= 15 is 0 Å². The Morgan fingerprint density at radius 2 is 1.72 bits per heavy atom. The number of nitrogens with zero attached hydrogens (tertiary/aromatic N) is 1. The summed E-state index contributed by atoms with van der Waals surface area (Å²) >= 11 is 0. The fourth-order valence-corrected chi connectivity index (χ4v) is 3.93. The maximum atomic E-state index is 12.5. The van der Waals surface area contributed by atoms with Gasteiger partial charge in [-0.15, -0.1) is 0 Å². The Morgan fingerprint density at radius 3 is 2.44 bits per heavy atom. The van der Waals surface area contributed by atoms with Gasteiger partial charge in [0.2, 0.25) is 15.9 Å². The minimum absolute atomic E-state index is 0.0539. The molecular formula is C22H26N4O5S. The number of carbonyl (C=O) groups excluding carboxylic acids is 1. The lowest BCUT2D eigenvalue weighted by Gasteiger charge is -2.07. The number of para-hydroxylation sites is 1. The van der Waals surface area contributed by atoms with E-state index in [4.69, 9.17) is 5.14 Å². The van der Waals surface area contributed by atoms with Crippen molar-refractivity contribution in [3.8, 4) is 0 Å². The van der Waals surface area contributed by atoms with Gasteiger partial charge in [0.25, 0.3) is 5.56 Å². The molecule has 0 radical (unpaired) electrons. The summed E-state index contributed by atoms with van der Waals surface area (Å²) in [6.45, 7) is 0.741. The number of aromatic nitrogens is 2. The minimum Gasteiger partial charge on any atom is -0.356 e. The molecule has 0 aliphatic heterocycles. The number of unbranched alkanes of at least 4 members (excludes halogenated alkanes) is 2. The van der Waals surface area contributed by atoms with Gasteiger partial charge in [-0.2, -0.15) is 0 Å². The first-order chi connectivity index (χ1) is 15.3. The summed E-state index contributed by atoms with van der Waals surface area (Å²) in [5.74, 6) is -0.0770. The Morgan fingerprint density at radius 1 is 1.00 bits per heavy atom. The Bertz CT molecular complexity index is 1310. The SMILES string of the molecule is NS(=O)(=O)c1ccc(CCNC(=O)CCCCCn2c(=O)[nH]c3ccccc3c2=O)cc1. The number of carbonyl (C=O) groups is 1. The van der Waals surface area contributed by atoms with Crippen LogP contribution in [0.3, 0.4) is 0 Å². The highest BCUT2D eigenvalue weighted by Gasteiger charge is 2.08. The maximum absolute atomic E-state index is 12.5. The van der Waals surface area contributed by atoms with Crippen LogP contribution in [0.25, 0.3) is 10.9 Å². The number of sulfonamides is 1. The normalized spacial score (nSPS) is 11.5. The number of hydrogen-bond acceptors (Lipinski definition) is 5. The fraction of sp³-hybridized carbons (Fsp3) is 0.318. The number of amides is 1. The van der Waals surface area contributed by atoms with Gasteiger partial charge in [0.15, 0.2) is 0 Å². The molecule has 0 unspecified atom stereocenters. The van der Waals surface area contributed by atoms with Crippen LogP contribution in [0.1, 0.15) is 31.2 Å². The third kappa shape index (κ3) is 6.14. The Balaban J connectivity index is 1.37. The molecule has 0 saturated carbocycles. The molecule has 3 rings (SSSR count). The van der Waals surface area contributed by atoms with E-state index in [9.17, 15) is 22.8 Å². The van der Waals surface area contributed by atoms with Gasteiger partial charge in [-0.1, -0.05) is 30.7 Å². The van der Waals surface area contributed by atoms with E-state index in [0.29, 0.717) is 56.1 Å². The molecule has 1 heterocycles. The van der Waals surface area contributed by atoms with Crippen LogP contribution in [0.5, 0.6) is 0 Å². The summed E-state index contributed by atoms with van der Waals surface area (Å²) in [5, 5.41) is 8.37. The predicted molar refractivity (Wildman–Crippen MR) is 122 cm³/mol. The minimum atomic E-state index is -3.71. The van der Waals surface area contributed by atoms with Crippen molar-refractivity contribution in [3.05, 3.63) is 74.9 Å². The molecular weight excluding hydrogens is 432 g/mol. The number of benzene rings is 2. The third-order valence-electron chi connectivity index (χ3n) is 5.16. The molecule has 0 saturated heterocycles. The van der Waals surface area contributed by atoms with Crippen LogP contribution in [0.15, 0.2) is 63.0 Å². The largest absolute Gasteiger partial charge is 0.356 e. The highest BCUT2D eigenvalue weighted by Crippen LogP contribution is 2.09. The molecule has 10 heteroatoms. The third-order valence-corrected chi connectivity index (χ3v) is 6.09. The van der Waals surface area contributed by atoms with E-state index < -0.39 is 15.7 Å². The van der Waals surface area contributed by atoms with Crippen molar-refractivity contribution in [2.24, 2.45) is 5.14 Å². The molecule has 1 aromatic heterocycles. The topological polar surface area (TPSA) is 144 Å². The molecule has 0 aliphatic rings. The smallest absolute Gasteiger partial charge is 0.328 e. The lowest BCUT2D eigenvalue weighted by Crippen LogP contribution is -2.35. The summed E-state index contributed by atoms with van der Waals surface area (Å²) in [6, 6.07) is 13.1. The van der Waals surface area contributed by atoms with Crippen LogP contribution >= 0.6 is 0 Å². The number of nitrogens with two attached hydrogens (primary N) is 1. The second-order valence-corrected chi connectivity index (χ2v) is 9.09. The molecule has 0 fully saturated rings. The van der Waals surface area contributed by atoms with Gasteiger partial charge >= 0.3 is 5.69 Å². The molecule has 1 amide bonds. The van der Waals surface area contributed by atoms with Crippen molar-refractivity contribution in [1.82, 2.24) is 14.9 Å². The summed E-state index contributed by atoms with van der Waals surface area (Å²) in [6.07, 6.45) is 2.90. The van der Waals surface area contributed by atoms with Crippen LogP contribution in [-0.2, 0) is 27.8 Å². The first-order valence-electron chi connectivity index (χ1n) is 10.4. The number of rotatable bonds is 10. The summed E-state index contributed by atoms with van der Waals surface area (Å²) in [7, 11) is -3.71. The van der Waals surface area contributed by atoms with Crippen molar-refractivity contribution in [3.63, 3.8) is 0 Å². The number of aromatic amines is 1. The standard InChI is InChI=1S/C22H26N4O5S/c23-32(30,31)17-11-9-16(10-12-17)13-14-24-20(27)8-2-1-5-15-26-21(28)18-6-3-4-7-19(18)25-22(26)29/h3-4,6-7,9-12H,1-2,5,8,13-15H2,(H,24,27)(H,25,29)(H2,23,30,31). The molecule has 32 heavy (non-hydrogen) atoms. The van der Waals surface area contributed by atoms with Crippen LogP contribution in [0, 0.1) is 0 Å². The first-order valence-corrected chi connectivity index (χ1v) is 11.9. The lowest BCUT2D eigenvalue weighted by molar-refractivity contribution is -0.121. The molecule has 4 N–H and O–H groups in total. The zero-order valence-electron chi connectivity index (χ0n) is 17.5. The number of fused-ring (bicyclic) bond motifs is 1. The van der Waals surface area contributed by atoms with Crippen molar-refractivity contribution < 1.29 is 13.2 Å². The molecule has 0 atom stereocenters. The van der Waals surface area contributed by atoms with Crippen molar-refractivity contribution in [2.45, 2.75) is 43.5 Å². The van der Waals surface area contributed by atoms with E-state index in [1.54, 1.807) is 36.4 Å². The summed E-state index contributed by atoms with van der Waals surface area (Å²) < 4.78 is 23.7. The van der Waals surface area contributed by atoms with E-state index in [1.807, 2.05) is 0 Å². The maximum Gasteiger partial charge on any atom is 0.328 e. The van der Waals surface area contributed by atoms with Crippen LogP contribution in [0.2, 0.25) is 0 Å². The highest BCUT2D eigenvalue weighted by atomic mass is 32.2. The lowest BCUT2D eigenvalue weighted by atomic mass is 10.1. The highest BCUT2D eigenvalue weighted by molar-refractivity contribution is 7.89. The van der Waals surface area contributed by atoms with Crippen LogP contribution in [0.4, 0.5) is 0 Å². The second kappa shape index (κ2) is 10.4. The van der Waals surface area contributed by atoms with Gasteiger partial charge in [-0.25, -0.2) is 18.4 Å². The second-order valence-electron chi connectivity index (χ2n) is 7.53. The summed E-state index contributed by atoms with van der Waals surface area (Å²) in [4.78, 5) is 39.4. The Hall–Kier alpha value is -3.24. The average Bonchev–Trinajstić information content (AvgIpc) is 2.75. The van der Waals surface area contributed by atoms with Gasteiger partial charge in [0, 0.05) is 19.5 Å². The van der Waals surface area contributed by atoms with E-state index in [1.165, 1.54) is 16.7 Å². The molecule has 0 spiro atoms. The van der Waals surface area contributed by atoms with E-state index in [0.717, 1.165) is 5.56 Å². The van der Waals surface area contributed by atoms with E-state index in [-0.39, 0.29) is 16.4 Å². The molecule has 3 aromatic rings. The quantitative estimate of drug-likeness (QED) is 0.392. The van der Waals surface area contributed by atoms with Gasteiger partial charge < -0.3 is 10.3 Å². The molecule has 9 nitrogen and oxygen atoms in total. The molecule has 0 bridgehead atoms. The molecule has 170 valence electrons. The van der Waals surface area contributed by atoms with Crippen LogP contribution < -0.4 is 21.7 Å².